The van der Waals surface area contributed by atoms with Crippen molar-refractivity contribution < 1.29 is 24.2 Å². The van der Waals surface area contributed by atoms with Crippen molar-refractivity contribution in [2.45, 2.75) is 81.0 Å². The number of carbonyl (C=O) groups is 3. The van der Waals surface area contributed by atoms with Crippen molar-refractivity contribution in [1.29, 1.82) is 0 Å². The van der Waals surface area contributed by atoms with E-state index in [4.69, 9.17) is 4.74 Å². The normalized spacial score (nSPS) is 33.2. The number of esters is 1. The monoisotopic (exact) mass is 478 g/mol. The van der Waals surface area contributed by atoms with E-state index in [0.29, 0.717) is 25.8 Å². The number of aliphatic hydroxyl groups is 1. The summed E-state index contributed by atoms with van der Waals surface area (Å²) in [7, 11) is 0. The Morgan fingerprint density at radius 1 is 1.33 bits per heavy atom. The molecule has 3 heterocycles. The zero-order valence-electron chi connectivity index (χ0n) is 20.3. The number of ether oxygens (including phenoxy) is 1. The Morgan fingerprint density at radius 2 is 2.03 bits per heavy atom. The molecule has 33 heavy (non-hydrogen) atoms. The van der Waals surface area contributed by atoms with Crippen molar-refractivity contribution in [2.24, 2.45) is 11.8 Å². The van der Waals surface area contributed by atoms with Crippen LogP contribution in [0, 0.1) is 11.8 Å². The fourth-order valence-electron chi connectivity index (χ4n) is 5.99. The number of rotatable bonds is 11. The van der Waals surface area contributed by atoms with Gasteiger partial charge in [-0.2, -0.15) is 0 Å². The van der Waals surface area contributed by atoms with E-state index in [0.717, 1.165) is 6.42 Å². The summed E-state index contributed by atoms with van der Waals surface area (Å²) in [6, 6.07) is -1.28. The van der Waals surface area contributed by atoms with Crippen LogP contribution in [0.3, 0.4) is 0 Å². The summed E-state index contributed by atoms with van der Waals surface area (Å²) in [5, 5.41) is 10.1. The van der Waals surface area contributed by atoms with Gasteiger partial charge in [0.1, 0.15) is 6.04 Å². The molecular formula is C25H38N2O5S. The van der Waals surface area contributed by atoms with Crippen molar-refractivity contribution in [3.05, 3.63) is 25.3 Å². The first-order chi connectivity index (χ1) is 15.6. The van der Waals surface area contributed by atoms with Crippen LogP contribution in [0.25, 0.3) is 0 Å². The molecule has 2 amide bonds. The summed E-state index contributed by atoms with van der Waals surface area (Å²) in [4.78, 5) is 44.6. The number of hydrogen-bond donors (Lipinski definition) is 1. The first-order valence-corrected chi connectivity index (χ1v) is 12.8. The fourth-order valence-corrected chi connectivity index (χ4v) is 8.32. The molecule has 3 aliphatic heterocycles. The molecule has 0 aromatic carbocycles. The van der Waals surface area contributed by atoms with Gasteiger partial charge in [-0.15, -0.1) is 24.9 Å². The highest BCUT2D eigenvalue weighted by Gasteiger charge is 2.78. The third-order valence-electron chi connectivity index (χ3n) is 7.58. The summed E-state index contributed by atoms with van der Waals surface area (Å²) in [6.07, 6.45) is 5.87. The fraction of sp³-hybridized carbons (Fsp3) is 0.720. The smallest absolute Gasteiger partial charge is 0.311 e. The SMILES string of the molecule is C=CCCOC(=O)[C@H]1[C@H]2C(=O)N([C@@H](CC)CO)C(C(=O)N(CC=C)C(C)C)C23CC[C@]1(C)S3. The largest absolute Gasteiger partial charge is 0.465 e. The lowest BCUT2D eigenvalue weighted by Gasteiger charge is -2.40. The Labute approximate surface area is 201 Å². The molecule has 0 radical (unpaired) electrons. The van der Waals surface area contributed by atoms with Crippen molar-refractivity contribution in [3.63, 3.8) is 0 Å². The van der Waals surface area contributed by atoms with Crippen LogP contribution in [0.4, 0.5) is 0 Å². The zero-order chi connectivity index (χ0) is 24.6. The van der Waals surface area contributed by atoms with E-state index in [1.165, 1.54) is 0 Å². The summed E-state index contributed by atoms with van der Waals surface area (Å²) in [5.74, 6) is -1.96. The van der Waals surface area contributed by atoms with E-state index in [1.807, 2.05) is 27.7 Å². The standard InChI is InChI=1S/C25H38N2O5S/c1-7-10-14-32-23(31)19-18-21(29)27(17(9-3)15-28)20(22(30)26(13-8-2)16(4)5)25(18)12-11-24(19,6)33-25/h7-8,16-20,28H,1-2,9-15H2,3-6H3/t17-,18-,19+,20?,24-,25?/m0/s1. The van der Waals surface area contributed by atoms with E-state index >= 15 is 0 Å². The second kappa shape index (κ2) is 9.82. The minimum absolute atomic E-state index is 0.0732. The molecule has 184 valence electrons. The Hall–Kier alpha value is -1.80. The predicted molar refractivity (Wildman–Crippen MR) is 130 cm³/mol. The molecule has 0 aromatic heterocycles. The summed E-state index contributed by atoms with van der Waals surface area (Å²) in [5.41, 5.74) is 0. The molecule has 3 saturated heterocycles. The van der Waals surface area contributed by atoms with E-state index < -0.39 is 33.4 Å². The highest BCUT2D eigenvalue weighted by atomic mass is 32.2. The summed E-state index contributed by atoms with van der Waals surface area (Å²) in [6.45, 7) is 15.7. The summed E-state index contributed by atoms with van der Waals surface area (Å²) >= 11 is 1.62. The zero-order valence-corrected chi connectivity index (χ0v) is 21.1. The molecule has 8 heteroatoms. The second-order valence-corrected chi connectivity index (χ2v) is 11.7. The molecule has 3 fully saturated rings. The molecular weight excluding hydrogens is 440 g/mol. The van der Waals surface area contributed by atoms with Crippen LogP contribution in [0.1, 0.15) is 53.4 Å². The lowest BCUT2D eigenvalue weighted by atomic mass is 9.66. The van der Waals surface area contributed by atoms with Gasteiger partial charge in [-0.3, -0.25) is 14.4 Å². The van der Waals surface area contributed by atoms with Crippen molar-refractivity contribution in [2.75, 3.05) is 19.8 Å². The number of fused-ring (bicyclic) bond motifs is 1. The van der Waals surface area contributed by atoms with Crippen molar-refractivity contribution in [1.82, 2.24) is 9.80 Å². The van der Waals surface area contributed by atoms with Crippen LogP contribution in [0.5, 0.6) is 0 Å². The lowest BCUT2D eigenvalue weighted by Crippen LogP contribution is -2.58. The van der Waals surface area contributed by atoms with E-state index in [1.54, 1.807) is 33.7 Å². The number of hydrogen-bond acceptors (Lipinski definition) is 6. The minimum atomic E-state index is -0.729. The predicted octanol–water partition coefficient (Wildman–Crippen LogP) is 2.78. The highest BCUT2D eigenvalue weighted by Crippen LogP contribution is 2.71. The quantitative estimate of drug-likeness (QED) is 0.279. The number of thioether (sulfide) groups is 1. The van der Waals surface area contributed by atoms with Gasteiger partial charge in [0.05, 0.1) is 35.8 Å². The molecule has 0 saturated carbocycles. The van der Waals surface area contributed by atoms with Gasteiger partial charge in [0, 0.05) is 17.3 Å². The number of likely N-dealkylation sites (tertiary alicyclic amines) is 1. The van der Waals surface area contributed by atoms with Crippen LogP contribution in [0.15, 0.2) is 25.3 Å². The van der Waals surface area contributed by atoms with Crippen molar-refractivity contribution in [3.8, 4) is 0 Å². The second-order valence-electron chi connectivity index (χ2n) is 9.84. The van der Waals surface area contributed by atoms with Gasteiger partial charge in [0.2, 0.25) is 11.8 Å². The molecule has 6 atom stereocenters. The number of nitrogens with zero attached hydrogens (tertiary/aromatic N) is 2. The van der Waals surface area contributed by atoms with Crippen LogP contribution in [-0.4, -0.2) is 80.1 Å². The van der Waals surface area contributed by atoms with E-state index in [2.05, 4.69) is 13.2 Å². The van der Waals surface area contributed by atoms with Gasteiger partial charge in [-0.1, -0.05) is 19.1 Å². The van der Waals surface area contributed by atoms with Gasteiger partial charge < -0.3 is 19.6 Å². The van der Waals surface area contributed by atoms with Crippen LogP contribution >= 0.6 is 11.8 Å². The van der Waals surface area contributed by atoms with Gasteiger partial charge in [0.15, 0.2) is 0 Å². The van der Waals surface area contributed by atoms with E-state index in [-0.39, 0.29) is 37.0 Å². The highest BCUT2D eigenvalue weighted by molar-refractivity contribution is 8.02. The first kappa shape index (κ1) is 25.8. The van der Waals surface area contributed by atoms with E-state index in [9.17, 15) is 19.5 Å². The van der Waals surface area contributed by atoms with Crippen LogP contribution in [0.2, 0.25) is 0 Å². The van der Waals surface area contributed by atoms with Gasteiger partial charge >= 0.3 is 5.97 Å². The average molecular weight is 479 g/mol. The average Bonchev–Trinajstić information content (AvgIpc) is 3.34. The Morgan fingerprint density at radius 3 is 2.58 bits per heavy atom. The lowest BCUT2D eigenvalue weighted by molar-refractivity contribution is -0.156. The van der Waals surface area contributed by atoms with Crippen LogP contribution < -0.4 is 0 Å². The number of aliphatic hydroxyl groups excluding tert-OH is 1. The maximum atomic E-state index is 14.0. The third-order valence-corrected chi connectivity index (χ3v) is 9.56. The van der Waals surface area contributed by atoms with Gasteiger partial charge in [0.25, 0.3) is 0 Å². The maximum absolute atomic E-state index is 14.0. The molecule has 1 spiro atoms. The Balaban J connectivity index is 2.08. The Kier molecular flexibility index (Phi) is 7.68. The molecule has 1 N–H and O–H groups in total. The van der Waals surface area contributed by atoms with Gasteiger partial charge in [-0.05, 0) is 46.5 Å². The Bertz CT molecular complexity index is 813. The van der Waals surface area contributed by atoms with Crippen molar-refractivity contribution >= 4 is 29.5 Å². The first-order valence-electron chi connectivity index (χ1n) is 12.0. The molecule has 3 aliphatic rings. The van der Waals surface area contributed by atoms with Crippen LogP contribution in [-0.2, 0) is 19.1 Å². The molecule has 0 aromatic rings. The maximum Gasteiger partial charge on any atom is 0.311 e. The topological polar surface area (TPSA) is 87.1 Å². The number of amides is 2. The minimum Gasteiger partial charge on any atom is -0.465 e. The molecule has 0 aliphatic carbocycles. The molecule has 2 unspecified atom stereocenters. The summed E-state index contributed by atoms with van der Waals surface area (Å²) < 4.78 is 4.39. The molecule has 3 rings (SSSR count). The molecule has 7 nitrogen and oxygen atoms in total. The molecule has 2 bridgehead atoms. The number of carbonyl (C=O) groups excluding carboxylic acids is 3. The third kappa shape index (κ3) is 4.03. The van der Waals surface area contributed by atoms with Gasteiger partial charge in [-0.25, -0.2) is 0 Å².